The molecular weight excluding hydrogens is 128 g/mol. The molecule has 0 bridgehead atoms. The second-order valence-electron chi connectivity index (χ2n) is 2.65. The second-order valence-corrected chi connectivity index (χ2v) is 2.65. The number of rotatable bonds is 1. The summed E-state index contributed by atoms with van der Waals surface area (Å²) in [6, 6.07) is 2.21. The lowest BCUT2D eigenvalue weighted by Crippen LogP contribution is -2.39. The number of hydrogen-bond donors (Lipinski definition) is 1. The van der Waals surface area contributed by atoms with Gasteiger partial charge in [0.15, 0.2) is 0 Å². The average Bonchev–Trinajstić information content (AvgIpc) is 1.94. The van der Waals surface area contributed by atoms with Crippen LogP contribution in [0.5, 0.6) is 0 Å². The van der Waals surface area contributed by atoms with Gasteiger partial charge in [0.2, 0.25) is 0 Å². The normalized spacial score (nSPS) is 33.2. The summed E-state index contributed by atoms with van der Waals surface area (Å²) in [6.45, 7) is 1.38. The van der Waals surface area contributed by atoms with Gasteiger partial charge in [-0.2, -0.15) is 5.26 Å². The first-order chi connectivity index (χ1) is 4.84. The van der Waals surface area contributed by atoms with E-state index in [0.717, 1.165) is 13.0 Å². The highest BCUT2D eigenvalue weighted by Gasteiger charge is 2.21. The Morgan fingerprint density at radius 1 is 1.70 bits per heavy atom. The Kier molecular flexibility index (Phi) is 2.67. The van der Waals surface area contributed by atoms with Gasteiger partial charge in [-0.1, -0.05) is 0 Å². The van der Waals surface area contributed by atoms with Crippen LogP contribution >= 0.6 is 0 Å². The molecule has 1 aliphatic rings. The van der Waals surface area contributed by atoms with Crippen molar-refractivity contribution < 1.29 is 4.74 Å². The molecule has 3 nitrogen and oxygen atoms in total. The molecule has 3 heteroatoms. The zero-order valence-corrected chi connectivity index (χ0v) is 5.92. The molecule has 2 N–H and O–H groups in total. The summed E-state index contributed by atoms with van der Waals surface area (Å²) >= 11 is 0. The van der Waals surface area contributed by atoms with Gasteiger partial charge in [0.25, 0.3) is 0 Å². The molecule has 1 heterocycles. The van der Waals surface area contributed by atoms with Crippen molar-refractivity contribution in [2.45, 2.75) is 18.9 Å². The molecule has 0 amide bonds. The van der Waals surface area contributed by atoms with Gasteiger partial charge in [0.05, 0.1) is 12.7 Å². The number of hydrogen-bond acceptors (Lipinski definition) is 3. The van der Waals surface area contributed by atoms with Crippen LogP contribution in [0, 0.1) is 17.2 Å². The second kappa shape index (κ2) is 3.55. The van der Waals surface area contributed by atoms with E-state index in [-0.39, 0.29) is 6.04 Å². The Labute approximate surface area is 60.8 Å². The van der Waals surface area contributed by atoms with Gasteiger partial charge in [0.1, 0.15) is 0 Å². The molecule has 0 aliphatic carbocycles. The topological polar surface area (TPSA) is 59.0 Å². The van der Waals surface area contributed by atoms with Crippen LogP contribution in [-0.4, -0.2) is 19.3 Å². The maximum absolute atomic E-state index is 8.39. The van der Waals surface area contributed by atoms with Crippen LogP contribution in [-0.2, 0) is 4.74 Å². The van der Waals surface area contributed by atoms with E-state index < -0.39 is 0 Å². The van der Waals surface area contributed by atoms with Crippen molar-refractivity contribution in [3.63, 3.8) is 0 Å². The van der Waals surface area contributed by atoms with E-state index in [9.17, 15) is 0 Å². The van der Waals surface area contributed by atoms with Gasteiger partial charge >= 0.3 is 0 Å². The first-order valence-corrected chi connectivity index (χ1v) is 3.55. The predicted octanol–water partition coefficient (Wildman–Crippen LogP) is 0.264. The van der Waals surface area contributed by atoms with Crippen LogP contribution in [0.2, 0.25) is 0 Å². The first-order valence-electron chi connectivity index (χ1n) is 3.55. The number of ether oxygens (including phenoxy) is 1. The standard InChI is InChI=1S/C7H12N2O/c8-3-1-6-2-4-10-5-7(6)9/h6-7H,1-2,4-5,9H2. The zero-order chi connectivity index (χ0) is 7.40. The molecule has 56 valence electrons. The average molecular weight is 140 g/mol. The number of nitrogens with two attached hydrogens (primary N) is 1. The van der Waals surface area contributed by atoms with E-state index in [4.69, 9.17) is 15.7 Å². The molecule has 1 fully saturated rings. The van der Waals surface area contributed by atoms with E-state index in [1.54, 1.807) is 0 Å². The van der Waals surface area contributed by atoms with Gasteiger partial charge in [-0.25, -0.2) is 0 Å². The van der Waals surface area contributed by atoms with Crippen molar-refractivity contribution in [2.24, 2.45) is 11.7 Å². The Bertz CT molecular complexity index is 141. The van der Waals surface area contributed by atoms with E-state index in [0.29, 0.717) is 18.9 Å². The van der Waals surface area contributed by atoms with E-state index in [2.05, 4.69) is 6.07 Å². The van der Waals surface area contributed by atoms with E-state index >= 15 is 0 Å². The van der Waals surface area contributed by atoms with Crippen molar-refractivity contribution in [1.82, 2.24) is 0 Å². The third kappa shape index (κ3) is 1.69. The Balaban J connectivity index is 2.34. The first kappa shape index (κ1) is 7.52. The van der Waals surface area contributed by atoms with Crippen LogP contribution in [0.1, 0.15) is 12.8 Å². The van der Waals surface area contributed by atoms with E-state index in [1.165, 1.54) is 0 Å². The SMILES string of the molecule is N#CCC1CCOCC1N. The van der Waals surface area contributed by atoms with Crippen molar-refractivity contribution >= 4 is 0 Å². The summed E-state index contributed by atoms with van der Waals surface area (Å²) in [5, 5.41) is 8.39. The van der Waals surface area contributed by atoms with Crippen molar-refractivity contribution in [1.29, 1.82) is 5.26 Å². The lowest BCUT2D eigenvalue weighted by atomic mass is 9.93. The molecule has 0 saturated carbocycles. The molecule has 2 unspecified atom stereocenters. The number of nitrogens with zero attached hydrogens (tertiary/aromatic N) is 1. The Morgan fingerprint density at radius 2 is 2.50 bits per heavy atom. The molecule has 10 heavy (non-hydrogen) atoms. The fourth-order valence-electron chi connectivity index (χ4n) is 1.17. The maximum atomic E-state index is 8.39. The molecule has 2 atom stereocenters. The highest BCUT2D eigenvalue weighted by Crippen LogP contribution is 2.16. The Morgan fingerprint density at radius 3 is 3.10 bits per heavy atom. The molecular formula is C7H12N2O. The molecule has 0 aromatic carbocycles. The zero-order valence-electron chi connectivity index (χ0n) is 5.92. The lowest BCUT2D eigenvalue weighted by Gasteiger charge is -2.26. The molecule has 0 spiro atoms. The van der Waals surface area contributed by atoms with Crippen molar-refractivity contribution in [2.75, 3.05) is 13.2 Å². The molecule has 1 rings (SSSR count). The summed E-state index contributed by atoms with van der Waals surface area (Å²) < 4.78 is 5.12. The third-order valence-electron chi connectivity index (χ3n) is 1.90. The third-order valence-corrected chi connectivity index (χ3v) is 1.90. The smallest absolute Gasteiger partial charge is 0.0625 e. The van der Waals surface area contributed by atoms with Crippen LogP contribution in [0.25, 0.3) is 0 Å². The largest absolute Gasteiger partial charge is 0.380 e. The van der Waals surface area contributed by atoms with E-state index in [1.807, 2.05) is 0 Å². The van der Waals surface area contributed by atoms with Crippen LogP contribution in [0.3, 0.4) is 0 Å². The van der Waals surface area contributed by atoms with Crippen LogP contribution < -0.4 is 5.73 Å². The van der Waals surface area contributed by atoms with Crippen LogP contribution in [0.4, 0.5) is 0 Å². The summed E-state index contributed by atoms with van der Waals surface area (Å²) in [7, 11) is 0. The number of nitriles is 1. The summed E-state index contributed by atoms with van der Waals surface area (Å²) in [5.74, 6) is 0.360. The van der Waals surface area contributed by atoms with Crippen LogP contribution in [0.15, 0.2) is 0 Å². The fraction of sp³-hybridized carbons (Fsp3) is 0.857. The highest BCUT2D eigenvalue weighted by molar-refractivity contribution is 4.84. The molecule has 1 aliphatic heterocycles. The molecule has 0 aromatic rings. The summed E-state index contributed by atoms with van der Waals surface area (Å²) in [4.78, 5) is 0. The van der Waals surface area contributed by atoms with Gasteiger partial charge < -0.3 is 10.5 Å². The minimum atomic E-state index is 0.0772. The minimum absolute atomic E-state index is 0.0772. The quantitative estimate of drug-likeness (QED) is 0.568. The molecule has 1 saturated heterocycles. The molecule has 0 radical (unpaired) electrons. The van der Waals surface area contributed by atoms with Gasteiger partial charge in [-0.05, 0) is 12.3 Å². The molecule has 0 aromatic heterocycles. The fourth-order valence-corrected chi connectivity index (χ4v) is 1.17. The maximum Gasteiger partial charge on any atom is 0.0625 e. The highest BCUT2D eigenvalue weighted by atomic mass is 16.5. The van der Waals surface area contributed by atoms with Gasteiger partial charge in [0, 0.05) is 19.1 Å². The van der Waals surface area contributed by atoms with Crippen molar-refractivity contribution in [3.05, 3.63) is 0 Å². The predicted molar refractivity (Wildman–Crippen MR) is 37.1 cm³/mol. The monoisotopic (exact) mass is 140 g/mol. The minimum Gasteiger partial charge on any atom is -0.380 e. The summed E-state index contributed by atoms with van der Waals surface area (Å²) in [6.07, 6.45) is 1.51. The van der Waals surface area contributed by atoms with Crippen molar-refractivity contribution in [3.8, 4) is 6.07 Å². The van der Waals surface area contributed by atoms with Gasteiger partial charge in [-0.3, -0.25) is 0 Å². The lowest BCUT2D eigenvalue weighted by molar-refractivity contribution is 0.0505. The van der Waals surface area contributed by atoms with Gasteiger partial charge in [-0.15, -0.1) is 0 Å². The summed E-state index contributed by atoms with van der Waals surface area (Å²) in [5.41, 5.74) is 5.69. The Hall–Kier alpha value is -0.590.